The number of para-hydroxylation sites is 1. The van der Waals surface area contributed by atoms with Gasteiger partial charge in [0.05, 0.1) is 0 Å². The highest BCUT2D eigenvalue weighted by atomic mass is 16.2. The highest BCUT2D eigenvalue weighted by Gasteiger charge is 2.20. The van der Waals surface area contributed by atoms with Crippen molar-refractivity contribution in [3.05, 3.63) is 58.9 Å². The fourth-order valence-corrected chi connectivity index (χ4v) is 3.65. The Morgan fingerprint density at radius 2 is 1.79 bits per heavy atom. The Morgan fingerprint density at radius 1 is 1.07 bits per heavy atom. The Hall–Kier alpha value is -2.69. The maximum atomic E-state index is 12.9. The fourth-order valence-electron chi connectivity index (χ4n) is 3.65. The molecule has 0 radical (unpaired) electrons. The molecule has 2 heterocycles. The van der Waals surface area contributed by atoms with Crippen molar-refractivity contribution in [2.45, 2.75) is 52.4 Å². The fraction of sp³-hybridized carbons (Fsp3) is 0.435. The number of carbonyl (C=O) groups excluding carboxylic acids is 2. The molecule has 28 heavy (non-hydrogen) atoms. The summed E-state index contributed by atoms with van der Waals surface area (Å²) in [4.78, 5) is 31.8. The van der Waals surface area contributed by atoms with E-state index >= 15 is 0 Å². The van der Waals surface area contributed by atoms with Crippen molar-refractivity contribution in [3.8, 4) is 0 Å². The monoisotopic (exact) mass is 379 g/mol. The molecule has 1 saturated heterocycles. The Labute approximate surface area is 167 Å². The number of hydrogen-bond acceptors (Lipinski definition) is 3. The van der Waals surface area contributed by atoms with Gasteiger partial charge in [0, 0.05) is 30.5 Å². The van der Waals surface area contributed by atoms with Gasteiger partial charge in [-0.25, -0.2) is 0 Å². The van der Waals surface area contributed by atoms with E-state index in [9.17, 15) is 9.59 Å². The lowest BCUT2D eigenvalue weighted by molar-refractivity contribution is 0.0755. The summed E-state index contributed by atoms with van der Waals surface area (Å²) in [5.41, 5.74) is 3.76. The SMILES string of the molecule is Cc1cccc(C(C)C)c1NC(=O)c1ccnc(C(=O)N2CCCCCC2)c1. The minimum Gasteiger partial charge on any atom is -0.337 e. The van der Waals surface area contributed by atoms with Crippen LogP contribution in [0.2, 0.25) is 0 Å². The number of carbonyl (C=O) groups is 2. The van der Waals surface area contributed by atoms with Gasteiger partial charge in [0.1, 0.15) is 5.69 Å². The van der Waals surface area contributed by atoms with Gasteiger partial charge in [0.15, 0.2) is 0 Å². The van der Waals surface area contributed by atoms with Gasteiger partial charge in [-0.1, -0.05) is 44.9 Å². The number of likely N-dealkylation sites (tertiary alicyclic amines) is 1. The van der Waals surface area contributed by atoms with Crippen LogP contribution in [-0.4, -0.2) is 34.8 Å². The van der Waals surface area contributed by atoms with Crippen LogP contribution < -0.4 is 5.32 Å². The number of anilines is 1. The lowest BCUT2D eigenvalue weighted by Gasteiger charge is -2.20. The van der Waals surface area contributed by atoms with Gasteiger partial charge in [0.25, 0.3) is 11.8 Å². The van der Waals surface area contributed by atoms with Crippen LogP contribution in [0.4, 0.5) is 5.69 Å². The summed E-state index contributed by atoms with van der Waals surface area (Å²) in [6, 6.07) is 9.29. The maximum absolute atomic E-state index is 12.9. The molecule has 0 saturated carbocycles. The second-order valence-electron chi connectivity index (χ2n) is 7.78. The predicted octanol–water partition coefficient (Wildman–Crippen LogP) is 4.78. The van der Waals surface area contributed by atoms with Crippen LogP contribution in [0.1, 0.15) is 77.4 Å². The minimum atomic E-state index is -0.219. The molecule has 0 atom stereocenters. The normalized spacial score (nSPS) is 14.6. The highest BCUT2D eigenvalue weighted by Crippen LogP contribution is 2.28. The highest BCUT2D eigenvalue weighted by molar-refractivity contribution is 6.06. The van der Waals surface area contributed by atoms with E-state index in [-0.39, 0.29) is 11.8 Å². The first-order chi connectivity index (χ1) is 13.5. The second-order valence-corrected chi connectivity index (χ2v) is 7.78. The molecule has 1 aliphatic heterocycles. The number of pyridine rings is 1. The van der Waals surface area contributed by atoms with Crippen LogP contribution >= 0.6 is 0 Å². The number of nitrogens with one attached hydrogen (secondary N) is 1. The third-order valence-corrected chi connectivity index (χ3v) is 5.30. The summed E-state index contributed by atoms with van der Waals surface area (Å²) in [6.45, 7) is 7.72. The molecule has 1 aromatic carbocycles. The summed E-state index contributed by atoms with van der Waals surface area (Å²) in [7, 11) is 0. The molecule has 0 spiro atoms. The number of hydrogen-bond donors (Lipinski definition) is 1. The third kappa shape index (κ3) is 4.58. The molecule has 0 aliphatic carbocycles. The van der Waals surface area contributed by atoms with E-state index in [0.717, 1.165) is 55.6 Å². The molecular formula is C23H29N3O2. The molecule has 0 unspecified atom stereocenters. The van der Waals surface area contributed by atoms with E-state index in [1.807, 2.05) is 30.0 Å². The molecule has 3 rings (SSSR count). The van der Waals surface area contributed by atoms with E-state index in [1.54, 1.807) is 18.3 Å². The molecule has 5 heteroatoms. The Balaban J connectivity index is 1.80. The summed E-state index contributed by atoms with van der Waals surface area (Å²) in [6.07, 6.45) is 5.91. The van der Waals surface area contributed by atoms with Gasteiger partial charge >= 0.3 is 0 Å². The van der Waals surface area contributed by atoms with Crippen molar-refractivity contribution in [1.29, 1.82) is 0 Å². The largest absolute Gasteiger partial charge is 0.337 e. The molecule has 1 aliphatic rings. The molecule has 1 N–H and O–H groups in total. The number of rotatable bonds is 4. The van der Waals surface area contributed by atoms with Crippen LogP contribution in [0.5, 0.6) is 0 Å². The zero-order chi connectivity index (χ0) is 20.1. The van der Waals surface area contributed by atoms with Crippen LogP contribution in [0.3, 0.4) is 0 Å². The van der Waals surface area contributed by atoms with E-state index in [1.165, 1.54) is 0 Å². The molecule has 2 aromatic rings. The van der Waals surface area contributed by atoms with Crippen LogP contribution in [0.15, 0.2) is 36.5 Å². The molecule has 1 aromatic heterocycles. The van der Waals surface area contributed by atoms with Gasteiger partial charge in [-0.05, 0) is 48.9 Å². The maximum Gasteiger partial charge on any atom is 0.272 e. The number of aryl methyl sites for hydroxylation is 1. The molecule has 148 valence electrons. The Kier molecular flexibility index (Phi) is 6.45. The first-order valence-corrected chi connectivity index (χ1v) is 10.1. The lowest BCUT2D eigenvalue weighted by atomic mass is 9.98. The zero-order valence-electron chi connectivity index (χ0n) is 17.0. The van der Waals surface area contributed by atoms with Gasteiger partial charge in [-0.3, -0.25) is 14.6 Å². The van der Waals surface area contributed by atoms with E-state index < -0.39 is 0 Å². The molecule has 0 bridgehead atoms. The van der Waals surface area contributed by atoms with Crippen molar-refractivity contribution in [2.75, 3.05) is 18.4 Å². The number of aromatic nitrogens is 1. The van der Waals surface area contributed by atoms with Gasteiger partial charge in [-0.2, -0.15) is 0 Å². The van der Waals surface area contributed by atoms with Crippen LogP contribution in [0, 0.1) is 6.92 Å². The zero-order valence-corrected chi connectivity index (χ0v) is 17.0. The van der Waals surface area contributed by atoms with E-state index in [4.69, 9.17) is 0 Å². The third-order valence-electron chi connectivity index (χ3n) is 5.30. The van der Waals surface area contributed by atoms with Gasteiger partial charge in [0.2, 0.25) is 0 Å². The number of benzene rings is 1. The second kappa shape index (κ2) is 9.00. The summed E-state index contributed by atoms with van der Waals surface area (Å²) in [5.74, 6) is -0.00774. The smallest absolute Gasteiger partial charge is 0.272 e. The minimum absolute atomic E-state index is 0.0877. The van der Waals surface area contributed by atoms with E-state index in [0.29, 0.717) is 17.2 Å². The first kappa shape index (κ1) is 20.1. The summed E-state index contributed by atoms with van der Waals surface area (Å²) < 4.78 is 0. The van der Waals surface area contributed by atoms with Crippen molar-refractivity contribution < 1.29 is 9.59 Å². The summed E-state index contributed by atoms with van der Waals surface area (Å²) >= 11 is 0. The van der Waals surface area contributed by atoms with Crippen LogP contribution in [0.25, 0.3) is 0 Å². The Bertz CT molecular complexity index is 853. The first-order valence-electron chi connectivity index (χ1n) is 10.1. The standard InChI is InChI=1S/C23H29N3O2/c1-16(2)19-10-8-9-17(3)21(19)25-22(27)18-11-12-24-20(15-18)23(28)26-13-6-4-5-7-14-26/h8-12,15-16H,4-7,13-14H2,1-3H3,(H,25,27). The average Bonchev–Trinajstić information content (AvgIpc) is 2.98. The van der Waals surface area contributed by atoms with Gasteiger partial charge in [-0.15, -0.1) is 0 Å². The Morgan fingerprint density at radius 3 is 2.46 bits per heavy atom. The molecule has 1 fully saturated rings. The lowest BCUT2D eigenvalue weighted by Crippen LogP contribution is -2.32. The predicted molar refractivity (Wildman–Crippen MR) is 112 cm³/mol. The molecule has 2 amide bonds. The molecule has 5 nitrogen and oxygen atoms in total. The summed E-state index contributed by atoms with van der Waals surface area (Å²) in [5, 5.41) is 3.04. The van der Waals surface area contributed by atoms with Crippen molar-refractivity contribution in [2.24, 2.45) is 0 Å². The van der Waals surface area contributed by atoms with Crippen molar-refractivity contribution in [1.82, 2.24) is 9.88 Å². The quantitative estimate of drug-likeness (QED) is 0.831. The number of nitrogens with zero attached hydrogens (tertiary/aromatic N) is 2. The number of amides is 2. The van der Waals surface area contributed by atoms with Crippen LogP contribution in [-0.2, 0) is 0 Å². The molecular weight excluding hydrogens is 350 g/mol. The van der Waals surface area contributed by atoms with Crippen molar-refractivity contribution >= 4 is 17.5 Å². The van der Waals surface area contributed by atoms with Crippen molar-refractivity contribution in [3.63, 3.8) is 0 Å². The van der Waals surface area contributed by atoms with Gasteiger partial charge < -0.3 is 10.2 Å². The average molecular weight is 380 g/mol. The topological polar surface area (TPSA) is 62.3 Å². The van der Waals surface area contributed by atoms with E-state index in [2.05, 4.69) is 24.1 Å².